The van der Waals surface area contributed by atoms with Gasteiger partial charge in [-0.2, -0.15) is 0 Å². The molecule has 1 N–H and O–H groups in total. The van der Waals surface area contributed by atoms with Gasteiger partial charge in [0.15, 0.2) is 0 Å². The summed E-state index contributed by atoms with van der Waals surface area (Å²) in [6, 6.07) is 0. The van der Waals surface area contributed by atoms with Gasteiger partial charge in [0.2, 0.25) is 0 Å². The summed E-state index contributed by atoms with van der Waals surface area (Å²) in [4.78, 5) is 0. The molecule has 3 heteroatoms. The van der Waals surface area contributed by atoms with Crippen molar-refractivity contribution in [1.29, 1.82) is 0 Å². The Kier molecular flexibility index (Phi) is 1.73. The molecule has 0 unspecified atom stereocenters. The molecule has 2 nitrogen and oxygen atoms in total. The zero-order valence-corrected chi connectivity index (χ0v) is 7.69. The minimum atomic E-state index is -1.94. The smallest absolute Gasteiger partial charge is 0.0957 e. The molecular weight excluding hydrogens is 147 g/mol. The highest BCUT2D eigenvalue weighted by atomic mass is 31.2. The summed E-state index contributed by atoms with van der Waals surface area (Å²) in [7, 11) is -1.94. The van der Waals surface area contributed by atoms with Crippen LogP contribution >= 0.6 is 7.14 Å². The Balaban J connectivity index is 2.59. The normalized spacial score (nSPS) is 47.3. The lowest BCUT2D eigenvalue weighted by molar-refractivity contribution is 0.0893. The zero-order valence-electron chi connectivity index (χ0n) is 6.79. The Hall–Kier alpha value is 0.190. The summed E-state index contributed by atoms with van der Waals surface area (Å²) < 4.78 is 11.6. The molecule has 10 heavy (non-hydrogen) atoms. The molecule has 1 heterocycles. The summed E-state index contributed by atoms with van der Waals surface area (Å²) in [6.45, 7) is 5.69. The largest absolute Gasteiger partial charge is 0.389 e. The summed E-state index contributed by atoms with van der Waals surface area (Å²) in [6.07, 6.45) is 1.05. The first-order valence-electron chi connectivity index (χ1n) is 3.66. The molecule has 0 aromatic heterocycles. The highest BCUT2D eigenvalue weighted by Gasteiger charge is 2.48. The van der Waals surface area contributed by atoms with Crippen LogP contribution < -0.4 is 0 Å². The van der Waals surface area contributed by atoms with Crippen LogP contribution in [0.1, 0.15) is 20.8 Å². The second kappa shape index (κ2) is 2.09. The van der Waals surface area contributed by atoms with Gasteiger partial charge in [0.05, 0.1) is 12.7 Å². The lowest BCUT2D eigenvalue weighted by Gasteiger charge is -2.43. The first-order chi connectivity index (χ1) is 4.36. The minimum absolute atomic E-state index is 0.257. The third-order valence-electron chi connectivity index (χ3n) is 2.16. The quantitative estimate of drug-likeness (QED) is 0.593. The lowest BCUT2D eigenvalue weighted by Crippen LogP contribution is -2.45. The minimum Gasteiger partial charge on any atom is -0.389 e. The summed E-state index contributed by atoms with van der Waals surface area (Å²) >= 11 is 0. The molecule has 0 spiro atoms. The van der Waals surface area contributed by atoms with E-state index in [1.54, 1.807) is 6.92 Å². The first-order valence-corrected chi connectivity index (χ1v) is 5.81. The van der Waals surface area contributed by atoms with Gasteiger partial charge in [-0.25, -0.2) is 0 Å². The molecule has 60 valence electrons. The fourth-order valence-electron chi connectivity index (χ4n) is 1.47. The van der Waals surface area contributed by atoms with Gasteiger partial charge in [0, 0.05) is 18.0 Å². The Morgan fingerprint density at radius 1 is 1.50 bits per heavy atom. The molecule has 1 aliphatic rings. The van der Waals surface area contributed by atoms with Crippen molar-refractivity contribution in [2.45, 2.75) is 32.0 Å². The van der Waals surface area contributed by atoms with Crippen molar-refractivity contribution in [1.82, 2.24) is 0 Å². The second-order valence-corrected chi connectivity index (χ2v) is 7.43. The second-order valence-electron chi connectivity index (χ2n) is 3.86. The van der Waals surface area contributed by atoms with E-state index in [0.29, 0.717) is 12.3 Å². The third kappa shape index (κ3) is 1.28. The van der Waals surface area contributed by atoms with Gasteiger partial charge in [-0.05, 0) is 6.92 Å². The van der Waals surface area contributed by atoms with Gasteiger partial charge < -0.3 is 9.67 Å². The Bertz CT molecular complexity index is 172. The van der Waals surface area contributed by atoms with Crippen LogP contribution in [0.5, 0.6) is 0 Å². The van der Waals surface area contributed by atoms with Crippen molar-refractivity contribution in [2.75, 3.05) is 12.3 Å². The van der Waals surface area contributed by atoms with Crippen LogP contribution in [-0.4, -0.2) is 28.7 Å². The molecule has 1 rings (SSSR count). The molecule has 0 aliphatic carbocycles. The predicted octanol–water partition coefficient (Wildman–Crippen LogP) is 1.52. The molecule has 0 radical (unpaired) electrons. The van der Waals surface area contributed by atoms with Crippen molar-refractivity contribution in [3.63, 3.8) is 0 Å². The zero-order chi connectivity index (χ0) is 7.99. The highest BCUT2D eigenvalue weighted by Crippen LogP contribution is 2.62. The van der Waals surface area contributed by atoms with Crippen LogP contribution in [0, 0.1) is 0 Å². The molecule has 1 fully saturated rings. The van der Waals surface area contributed by atoms with E-state index < -0.39 is 12.7 Å². The van der Waals surface area contributed by atoms with Gasteiger partial charge in [0.25, 0.3) is 0 Å². The van der Waals surface area contributed by atoms with Crippen LogP contribution in [-0.2, 0) is 4.57 Å². The van der Waals surface area contributed by atoms with E-state index in [1.165, 1.54) is 0 Å². The van der Waals surface area contributed by atoms with Gasteiger partial charge in [-0.3, -0.25) is 0 Å². The summed E-state index contributed by atoms with van der Waals surface area (Å²) in [5, 5.41) is 9.33. The van der Waals surface area contributed by atoms with Gasteiger partial charge in [-0.1, -0.05) is 13.8 Å². The van der Waals surface area contributed by atoms with Crippen molar-refractivity contribution >= 4 is 7.14 Å². The molecule has 0 aromatic rings. The molecular formula is C7H15O2P. The van der Waals surface area contributed by atoms with Crippen molar-refractivity contribution in [3.05, 3.63) is 0 Å². The standard InChI is InChI=1S/C7H15O2P/c1-6(2)10(9)4-7(3,8)5-10/h6,8H,4-5H2,1-3H3. The fourth-order valence-corrected chi connectivity index (χ4v) is 4.42. The Morgan fingerprint density at radius 3 is 2.00 bits per heavy atom. The number of hydrogen-bond donors (Lipinski definition) is 1. The van der Waals surface area contributed by atoms with Crippen molar-refractivity contribution in [2.24, 2.45) is 0 Å². The van der Waals surface area contributed by atoms with Gasteiger partial charge in [-0.15, -0.1) is 0 Å². The monoisotopic (exact) mass is 162 g/mol. The summed E-state index contributed by atoms with van der Waals surface area (Å²) in [5.41, 5.74) is -0.368. The van der Waals surface area contributed by atoms with Crippen LogP contribution in [0.2, 0.25) is 0 Å². The van der Waals surface area contributed by atoms with Crippen LogP contribution in [0.4, 0.5) is 0 Å². The third-order valence-corrected chi connectivity index (χ3v) is 6.47. The van der Waals surface area contributed by atoms with E-state index in [9.17, 15) is 9.67 Å². The molecule has 0 saturated carbocycles. The lowest BCUT2D eigenvalue weighted by atomic mass is 10.2. The molecule has 1 saturated heterocycles. The van der Waals surface area contributed by atoms with Crippen LogP contribution in [0.15, 0.2) is 0 Å². The molecule has 1 aliphatic heterocycles. The fraction of sp³-hybridized carbons (Fsp3) is 1.00. The Morgan fingerprint density at radius 2 is 1.90 bits per heavy atom. The SMILES string of the molecule is CC(C)P1(=O)CC(C)(O)C1. The van der Waals surface area contributed by atoms with E-state index in [2.05, 4.69) is 0 Å². The molecule has 0 aromatic carbocycles. The number of hydrogen-bond acceptors (Lipinski definition) is 2. The Labute approximate surface area is 62.0 Å². The number of rotatable bonds is 1. The van der Waals surface area contributed by atoms with E-state index in [4.69, 9.17) is 0 Å². The van der Waals surface area contributed by atoms with Crippen molar-refractivity contribution in [3.8, 4) is 0 Å². The maximum atomic E-state index is 11.6. The number of aliphatic hydroxyl groups is 1. The average Bonchev–Trinajstić information content (AvgIpc) is 1.59. The van der Waals surface area contributed by atoms with E-state index in [1.807, 2.05) is 13.8 Å². The van der Waals surface area contributed by atoms with Gasteiger partial charge in [0.1, 0.15) is 0 Å². The topological polar surface area (TPSA) is 37.3 Å². The highest BCUT2D eigenvalue weighted by molar-refractivity contribution is 7.66. The molecule has 0 atom stereocenters. The van der Waals surface area contributed by atoms with E-state index in [-0.39, 0.29) is 5.66 Å². The van der Waals surface area contributed by atoms with Crippen LogP contribution in [0.25, 0.3) is 0 Å². The van der Waals surface area contributed by atoms with Crippen LogP contribution in [0.3, 0.4) is 0 Å². The molecule has 0 amide bonds. The average molecular weight is 162 g/mol. The predicted molar refractivity (Wildman–Crippen MR) is 43.1 cm³/mol. The maximum Gasteiger partial charge on any atom is 0.0957 e. The first kappa shape index (κ1) is 8.29. The van der Waals surface area contributed by atoms with Crippen molar-refractivity contribution < 1.29 is 9.67 Å². The maximum absolute atomic E-state index is 11.6. The molecule has 0 bridgehead atoms. The summed E-state index contributed by atoms with van der Waals surface area (Å²) in [5.74, 6) is 0. The van der Waals surface area contributed by atoms with E-state index >= 15 is 0 Å². The van der Waals surface area contributed by atoms with E-state index in [0.717, 1.165) is 0 Å². The van der Waals surface area contributed by atoms with Gasteiger partial charge >= 0.3 is 0 Å².